The van der Waals surface area contributed by atoms with Gasteiger partial charge >= 0.3 is 21.2 Å². The minimum atomic E-state index is -4.27. The topological polar surface area (TPSA) is 66.4 Å². The molecule has 3 aromatic rings. The maximum Gasteiger partial charge on any atom is 0.420 e. The highest BCUT2D eigenvalue weighted by molar-refractivity contribution is 7.85. The number of aryl methyl sites for hydroxylation is 1. The molecule has 28 heavy (non-hydrogen) atoms. The summed E-state index contributed by atoms with van der Waals surface area (Å²) in [6.45, 7) is 1.82. The first-order valence-electron chi connectivity index (χ1n) is 8.25. The fourth-order valence-corrected chi connectivity index (χ4v) is 3.99. The molecule has 0 spiro atoms. The smallest absolute Gasteiger partial charge is 0.420 e. The molecule has 0 saturated carbocycles. The Bertz CT molecular complexity index is 1030. The zero-order chi connectivity index (χ0) is 20.4. The summed E-state index contributed by atoms with van der Waals surface area (Å²) in [4.78, 5) is -0.178. The van der Waals surface area contributed by atoms with E-state index in [0.717, 1.165) is 16.9 Å². The second-order valence-corrected chi connectivity index (χ2v) is 9.31. The largest absolute Gasteiger partial charge is 0.744 e. The molecule has 0 saturated heterocycles. The summed E-state index contributed by atoms with van der Waals surface area (Å²) in [6, 6.07) is 24.0. The lowest BCUT2D eigenvalue weighted by molar-refractivity contribution is -0.535. The lowest BCUT2D eigenvalue weighted by Crippen LogP contribution is -3.59. The van der Waals surface area contributed by atoms with E-state index in [2.05, 4.69) is 34.1 Å². The monoisotopic (exact) mass is 506 g/mol. The Hall–Kier alpha value is -2.34. The van der Waals surface area contributed by atoms with Crippen molar-refractivity contribution in [3.05, 3.63) is 93.6 Å². The van der Waals surface area contributed by atoms with Crippen molar-refractivity contribution in [2.75, 3.05) is 7.11 Å². The Kier molecular flexibility index (Phi) is 8.51. The number of halogens is 1. The van der Waals surface area contributed by atoms with Crippen LogP contribution in [0.1, 0.15) is 11.1 Å². The quantitative estimate of drug-likeness (QED) is 0.301. The zero-order valence-corrected chi connectivity index (χ0v) is 18.4. The molecule has 6 heteroatoms. The van der Waals surface area contributed by atoms with Crippen molar-refractivity contribution in [2.45, 2.75) is 11.8 Å². The van der Waals surface area contributed by atoms with Gasteiger partial charge < -0.3 is 9.29 Å². The van der Waals surface area contributed by atoms with Gasteiger partial charge in [0.25, 0.3) is 0 Å². The van der Waals surface area contributed by atoms with E-state index >= 15 is 0 Å². The number of hydrogen-bond acceptors (Lipinski definition) is 4. The minimum Gasteiger partial charge on any atom is -0.744 e. The van der Waals surface area contributed by atoms with Crippen LogP contribution < -0.4 is 25.9 Å². The Morgan fingerprint density at radius 2 is 1.50 bits per heavy atom. The molecule has 0 amide bonds. The Morgan fingerprint density at radius 3 is 2.04 bits per heavy atom. The number of ether oxygens (including phenoxy) is 1. The summed E-state index contributed by atoms with van der Waals surface area (Å²) in [5.41, 5.74) is 1.97. The highest BCUT2D eigenvalue weighted by Crippen LogP contribution is 2.10. The number of benzene rings is 3. The average Bonchev–Trinajstić information content (AvgIpc) is 2.69. The molecule has 0 bridgehead atoms. The lowest BCUT2D eigenvalue weighted by Gasteiger charge is -2.05. The van der Waals surface area contributed by atoms with Gasteiger partial charge in [-0.3, -0.25) is 0 Å². The van der Waals surface area contributed by atoms with E-state index in [-0.39, 0.29) is 26.1 Å². The van der Waals surface area contributed by atoms with Crippen LogP contribution in [0.4, 0.5) is 0 Å². The van der Waals surface area contributed by atoms with Crippen LogP contribution in [0.25, 0.3) is 0 Å². The lowest BCUT2D eigenvalue weighted by atomic mass is 10.2. The Balaban J connectivity index is 0.000000221. The number of rotatable bonds is 3. The molecule has 0 aliphatic heterocycles. The molecule has 0 fully saturated rings. The highest BCUT2D eigenvalue weighted by Gasteiger charge is 2.05. The van der Waals surface area contributed by atoms with Gasteiger partial charge in [0.15, 0.2) is 3.93 Å². The summed E-state index contributed by atoms with van der Waals surface area (Å²) >= 11 is -0.203. The van der Waals surface area contributed by atoms with E-state index in [0.29, 0.717) is 0 Å². The summed E-state index contributed by atoms with van der Waals surface area (Å²) in [6.07, 6.45) is 0. The van der Waals surface area contributed by atoms with E-state index in [1.54, 1.807) is 19.2 Å². The van der Waals surface area contributed by atoms with Crippen LogP contribution in [0.3, 0.4) is 0 Å². The van der Waals surface area contributed by atoms with Crippen LogP contribution in [-0.2, 0) is 10.1 Å². The summed E-state index contributed by atoms with van der Waals surface area (Å²) < 4.78 is 40.9. The number of methoxy groups -OCH3 is 1. The van der Waals surface area contributed by atoms with Crippen molar-refractivity contribution in [1.29, 1.82) is 0 Å². The molecule has 0 atom stereocenters. The normalized spacial score (nSPS) is 10.1. The summed E-state index contributed by atoms with van der Waals surface area (Å²) in [5, 5.41) is 0. The van der Waals surface area contributed by atoms with E-state index in [1.165, 1.54) is 15.7 Å². The molecule has 144 valence electrons. The zero-order valence-electron chi connectivity index (χ0n) is 15.4. The van der Waals surface area contributed by atoms with E-state index in [1.807, 2.05) is 37.3 Å². The molecule has 4 nitrogen and oxygen atoms in total. The van der Waals surface area contributed by atoms with Crippen LogP contribution in [0, 0.1) is 20.3 Å². The van der Waals surface area contributed by atoms with Crippen LogP contribution in [-0.4, -0.2) is 20.1 Å². The molecular formula is C22H19IO4S. The van der Waals surface area contributed by atoms with Crippen LogP contribution >= 0.6 is 0 Å². The van der Waals surface area contributed by atoms with E-state index < -0.39 is 10.1 Å². The Morgan fingerprint density at radius 1 is 0.893 bits per heavy atom. The third-order valence-corrected chi connectivity index (χ3v) is 6.21. The van der Waals surface area contributed by atoms with Crippen molar-refractivity contribution in [3.63, 3.8) is 0 Å². The van der Waals surface area contributed by atoms with Crippen LogP contribution in [0.15, 0.2) is 83.8 Å². The van der Waals surface area contributed by atoms with Gasteiger partial charge in [0.2, 0.25) is 3.57 Å². The predicted molar refractivity (Wildman–Crippen MR) is 104 cm³/mol. The van der Waals surface area contributed by atoms with Gasteiger partial charge in [-0.15, -0.1) is 0 Å². The fraction of sp³-hybridized carbons (Fsp3) is 0.0909. The summed E-state index contributed by atoms with van der Waals surface area (Å²) in [7, 11) is -2.60. The Labute approximate surface area is 176 Å². The number of hydrogen-bond donors (Lipinski definition) is 0. The van der Waals surface area contributed by atoms with Gasteiger partial charge in [0, 0.05) is 5.56 Å². The average molecular weight is 506 g/mol. The first-order valence-corrected chi connectivity index (χ1v) is 11.8. The predicted octanol–water partition coefficient (Wildman–Crippen LogP) is 0.862. The maximum absolute atomic E-state index is 10.4. The van der Waals surface area contributed by atoms with Crippen molar-refractivity contribution in [3.8, 4) is 15.6 Å². The van der Waals surface area contributed by atoms with E-state index in [4.69, 9.17) is 4.74 Å². The van der Waals surface area contributed by atoms with Gasteiger partial charge in [0.05, 0.1) is 12.0 Å². The highest BCUT2D eigenvalue weighted by atomic mass is 127. The van der Waals surface area contributed by atoms with Gasteiger partial charge in [0.1, 0.15) is 15.9 Å². The molecule has 0 unspecified atom stereocenters. The molecule has 0 N–H and O–H groups in total. The molecule has 0 aliphatic carbocycles. The fourth-order valence-electron chi connectivity index (χ4n) is 1.99. The second-order valence-electron chi connectivity index (χ2n) is 5.61. The second kappa shape index (κ2) is 10.9. The SMILES string of the molecule is COc1ccc(C#C[I+]c2ccccc2)cc1.Cc1ccc(S(=O)(=O)[O-])cc1. The van der Waals surface area contributed by atoms with Crippen LogP contribution in [0.2, 0.25) is 0 Å². The standard InChI is InChI=1S/C15H12IO.C7H8O3S/c1-17-15-9-7-13(8-10-15)11-12-16-14-5-3-2-4-6-14;1-6-2-4-7(5-3-6)11(8,9)10/h2-10H,1H3;2-5H,1H3,(H,8,9,10)/q+1;/p-1. The molecule has 3 rings (SSSR count). The van der Waals surface area contributed by atoms with Gasteiger partial charge in [-0.25, -0.2) is 8.42 Å². The molecule has 3 aromatic carbocycles. The van der Waals surface area contributed by atoms with Crippen LogP contribution in [0.5, 0.6) is 5.75 Å². The minimum absolute atomic E-state index is 0.178. The third-order valence-electron chi connectivity index (χ3n) is 3.48. The van der Waals surface area contributed by atoms with Gasteiger partial charge in [-0.2, -0.15) is 0 Å². The summed E-state index contributed by atoms with van der Waals surface area (Å²) in [5.74, 6) is 4.06. The molecule has 0 heterocycles. The van der Waals surface area contributed by atoms with Gasteiger partial charge in [-0.05, 0) is 61.4 Å². The first-order chi connectivity index (χ1) is 13.4. The molecule has 0 aromatic heterocycles. The molecular weight excluding hydrogens is 487 g/mol. The van der Waals surface area contributed by atoms with Crippen molar-refractivity contribution >= 4 is 10.1 Å². The van der Waals surface area contributed by atoms with Crippen molar-refractivity contribution in [1.82, 2.24) is 0 Å². The van der Waals surface area contributed by atoms with E-state index in [9.17, 15) is 13.0 Å². The third kappa shape index (κ3) is 7.72. The van der Waals surface area contributed by atoms with Crippen molar-refractivity contribution in [2.24, 2.45) is 0 Å². The molecule has 0 radical (unpaired) electrons. The van der Waals surface area contributed by atoms with Crippen molar-refractivity contribution < 1.29 is 38.9 Å². The van der Waals surface area contributed by atoms with Gasteiger partial charge in [-0.1, -0.05) is 35.9 Å². The molecule has 0 aliphatic rings. The first kappa shape index (κ1) is 22.0. The maximum atomic E-state index is 10.4.